The topological polar surface area (TPSA) is 62.7 Å². The molecule has 3 aromatic rings. The van der Waals surface area contributed by atoms with E-state index in [1.54, 1.807) is 6.20 Å². The number of rotatable bonds is 3. The molecule has 0 bridgehead atoms. The predicted octanol–water partition coefficient (Wildman–Crippen LogP) is 3.73. The molecule has 112 valence electrons. The summed E-state index contributed by atoms with van der Waals surface area (Å²) in [5.74, 6) is 0.645. The van der Waals surface area contributed by atoms with E-state index < -0.39 is 0 Å². The van der Waals surface area contributed by atoms with Crippen molar-refractivity contribution in [2.24, 2.45) is 0 Å². The van der Waals surface area contributed by atoms with Gasteiger partial charge in [0.2, 0.25) is 0 Å². The molecule has 0 saturated heterocycles. The van der Waals surface area contributed by atoms with Gasteiger partial charge in [0, 0.05) is 17.0 Å². The van der Waals surface area contributed by atoms with Crippen molar-refractivity contribution in [3.05, 3.63) is 48.3 Å². The molecule has 2 N–H and O–H groups in total. The molecule has 1 aliphatic carbocycles. The van der Waals surface area contributed by atoms with E-state index in [0.29, 0.717) is 11.7 Å². The van der Waals surface area contributed by atoms with Crippen LogP contribution in [0.5, 0.6) is 0 Å². The number of nitrogens with zero attached hydrogens (tertiary/aromatic N) is 2. The van der Waals surface area contributed by atoms with E-state index in [0.717, 1.165) is 29.6 Å². The van der Waals surface area contributed by atoms with Crippen molar-refractivity contribution >= 4 is 22.6 Å². The Balaban J connectivity index is 1.58. The zero-order valence-corrected chi connectivity index (χ0v) is 12.2. The number of benzene rings is 1. The molecule has 1 amide bonds. The van der Waals surface area contributed by atoms with Crippen LogP contribution in [-0.2, 0) is 0 Å². The number of H-pyrrole nitrogens is 1. The number of fused-ring (bicyclic) bond motifs is 1. The number of aromatic amines is 1. The molecule has 0 aliphatic heterocycles. The zero-order chi connectivity index (χ0) is 14.9. The molecule has 1 aromatic carbocycles. The normalized spacial score (nSPS) is 15.5. The van der Waals surface area contributed by atoms with E-state index in [4.69, 9.17) is 0 Å². The number of para-hydroxylation sites is 1. The number of nitrogens with one attached hydrogen (secondary N) is 2. The minimum absolute atomic E-state index is 0.129. The Morgan fingerprint density at radius 1 is 1.23 bits per heavy atom. The van der Waals surface area contributed by atoms with Crippen LogP contribution in [0.1, 0.15) is 42.2 Å². The number of hydrogen-bond donors (Lipinski definition) is 2. The van der Waals surface area contributed by atoms with Gasteiger partial charge in [-0.05, 0) is 25.0 Å². The van der Waals surface area contributed by atoms with Crippen LogP contribution in [0.4, 0.5) is 5.82 Å². The summed E-state index contributed by atoms with van der Waals surface area (Å²) < 4.78 is 1.95. The van der Waals surface area contributed by atoms with Crippen LogP contribution in [0, 0.1) is 0 Å². The van der Waals surface area contributed by atoms with Crippen LogP contribution in [-0.4, -0.2) is 20.7 Å². The van der Waals surface area contributed by atoms with Crippen molar-refractivity contribution in [3.8, 4) is 0 Å². The summed E-state index contributed by atoms with van der Waals surface area (Å²) in [6.45, 7) is 0. The van der Waals surface area contributed by atoms with E-state index in [-0.39, 0.29) is 5.91 Å². The lowest BCUT2D eigenvalue weighted by atomic mass is 10.2. The first-order valence-corrected chi connectivity index (χ1v) is 7.74. The van der Waals surface area contributed by atoms with Gasteiger partial charge >= 0.3 is 0 Å². The first kappa shape index (κ1) is 13.1. The lowest BCUT2D eigenvalue weighted by molar-refractivity contribution is 0.102. The van der Waals surface area contributed by atoms with Crippen molar-refractivity contribution in [2.45, 2.75) is 31.7 Å². The third-order valence-corrected chi connectivity index (χ3v) is 4.36. The van der Waals surface area contributed by atoms with Gasteiger partial charge in [-0.15, -0.1) is 0 Å². The minimum Gasteiger partial charge on any atom is -0.351 e. The second-order valence-corrected chi connectivity index (χ2v) is 5.82. The Morgan fingerprint density at radius 2 is 2.05 bits per heavy atom. The van der Waals surface area contributed by atoms with Crippen molar-refractivity contribution in [1.29, 1.82) is 0 Å². The molecule has 1 aliphatic rings. The standard InChI is InChI=1S/C17H18N4O/c22-17(15-11-12-5-1-4-8-14(12)19-15)20-16-9-10-18-21(16)13-6-2-3-7-13/h1,4-5,8-11,13,19H,2-3,6-7H2,(H,20,22). The first-order valence-electron chi connectivity index (χ1n) is 7.74. The predicted molar refractivity (Wildman–Crippen MR) is 86.0 cm³/mol. The Labute approximate surface area is 128 Å². The molecule has 5 nitrogen and oxygen atoms in total. The molecule has 2 heterocycles. The Hall–Kier alpha value is -2.56. The third-order valence-electron chi connectivity index (χ3n) is 4.36. The molecule has 0 unspecified atom stereocenters. The largest absolute Gasteiger partial charge is 0.351 e. The number of carbonyl (C=O) groups excluding carboxylic acids is 1. The molecule has 1 fully saturated rings. The molecule has 2 aromatic heterocycles. The summed E-state index contributed by atoms with van der Waals surface area (Å²) in [5, 5.41) is 8.39. The van der Waals surface area contributed by atoms with Gasteiger partial charge in [0.25, 0.3) is 5.91 Å². The monoisotopic (exact) mass is 294 g/mol. The van der Waals surface area contributed by atoms with Crippen molar-refractivity contribution in [3.63, 3.8) is 0 Å². The molecule has 22 heavy (non-hydrogen) atoms. The van der Waals surface area contributed by atoms with E-state index in [1.807, 2.05) is 41.1 Å². The Morgan fingerprint density at radius 3 is 2.86 bits per heavy atom. The van der Waals surface area contributed by atoms with E-state index in [1.165, 1.54) is 12.8 Å². The van der Waals surface area contributed by atoms with Crippen LogP contribution in [0.3, 0.4) is 0 Å². The molecular formula is C17H18N4O. The molecule has 5 heteroatoms. The van der Waals surface area contributed by atoms with E-state index >= 15 is 0 Å². The van der Waals surface area contributed by atoms with E-state index in [2.05, 4.69) is 15.4 Å². The molecule has 0 spiro atoms. The number of amides is 1. The minimum atomic E-state index is -0.129. The third kappa shape index (κ3) is 2.28. The zero-order valence-electron chi connectivity index (χ0n) is 12.2. The van der Waals surface area contributed by atoms with Gasteiger partial charge in [-0.25, -0.2) is 4.68 Å². The van der Waals surface area contributed by atoms with Crippen LogP contribution >= 0.6 is 0 Å². The van der Waals surface area contributed by atoms with Gasteiger partial charge in [0.1, 0.15) is 11.5 Å². The number of carbonyl (C=O) groups is 1. The summed E-state index contributed by atoms with van der Waals surface area (Å²) >= 11 is 0. The van der Waals surface area contributed by atoms with Gasteiger partial charge < -0.3 is 10.3 Å². The maximum atomic E-state index is 12.5. The van der Waals surface area contributed by atoms with Gasteiger partial charge in [-0.1, -0.05) is 31.0 Å². The van der Waals surface area contributed by atoms with Gasteiger partial charge in [0.05, 0.1) is 12.2 Å². The fourth-order valence-electron chi connectivity index (χ4n) is 3.23. The van der Waals surface area contributed by atoms with Crippen LogP contribution in [0.25, 0.3) is 10.9 Å². The molecule has 0 atom stereocenters. The SMILES string of the molecule is O=C(Nc1ccnn1C1CCCC1)c1cc2ccccc2[nH]1. The molecule has 1 saturated carbocycles. The highest BCUT2D eigenvalue weighted by Gasteiger charge is 2.21. The summed E-state index contributed by atoms with van der Waals surface area (Å²) in [5.41, 5.74) is 1.54. The van der Waals surface area contributed by atoms with Gasteiger partial charge in [-0.2, -0.15) is 5.10 Å². The summed E-state index contributed by atoms with van der Waals surface area (Å²) in [4.78, 5) is 15.6. The average Bonchev–Trinajstić information content (AvgIpc) is 3.26. The quantitative estimate of drug-likeness (QED) is 0.773. The number of hydrogen-bond acceptors (Lipinski definition) is 2. The summed E-state index contributed by atoms with van der Waals surface area (Å²) in [7, 11) is 0. The molecule has 0 radical (unpaired) electrons. The second kappa shape index (κ2) is 5.33. The lowest BCUT2D eigenvalue weighted by Crippen LogP contribution is -2.17. The summed E-state index contributed by atoms with van der Waals surface area (Å²) in [6.07, 6.45) is 6.49. The number of aromatic nitrogens is 3. The fourth-order valence-corrected chi connectivity index (χ4v) is 3.23. The second-order valence-electron chi connectivity index (χ2n) is 5.82. The lowest BCUT2D eigenvalue weighted by Gasteiger charge is -2.14. The van der Waals surface area contributed by atoms with Crippen LogP contribution < -0.4 is 5.32 Å². The average molecular weight is 294 g/mol. The highest BCUT2D eigenvalue weighted by Crippen LogP contribution is 2.31. The van der Waals surface area contributed by atoms with Crippen molar-refractivity contribution in [1.82, 2.24) is 14.8 Å². The highest BCUT2D eigenvalue weighted by atomic mass is 16.2. The van der Waals surface area contributed by atoms with Crippen LogP contribution in [0.15, 0.2) is 42.6 Å². The highest BCUT2D eigenvalue weighted by molar-refractivity contribution is 6.05. The summed E-state index contributed by atoms with van der Waals surface area (Å²) in [6, 6.07) is 12.0. The van der Waals surface area contributed by atoms with Gasteiger partial charge in [-0.3, -0.25) is 4.79 Å². The maximum Gasteiger partial charge on any atom is 0.273 e. The maximum absolute atomic E-state index is 12.5. The van der Waals surface area contributed by atoms with Gasteiger partial charge in [0.15, 0.2) is 0 Å². The van der Waals surface area contributed by atoms with E-state index in [9.17, 15) is 4.79 Å². The number of anilines is 1. The van der Waals surface area contributed by atoms with Crippen LogP contribution in [0.2, 0.25) is 0 Å². The Bertz CT molecular complexity index is 778. The smallest absolute Gasteiger partial charge is 0.273 e. The van der Waals surface area contributed by atoms with Crippen molar-refractivity contribution < 1.29 is 4.79 Å². The fraction of sp³-hybridized carbons (Fsp3) is 0.294. The molecular weight excluding hydrogens is 276 g/mol. The molecule has 4 rings (SSSR count). The Kier molecular flexibility index (Phi) is 3.18. The van der Waals surface area contributed by atoms with Crippen molar-refractivity contribution in [2.75, 3.05) is 5.32 Å². The first-order chi connectivity index (χ1) is 10.8.